The first-order chi connectivity index (χ1) is 10.4. The summed E-state index contributed by atoms with van der Waals surface area (Å²) >= 11 is 1.78. The minimum atomic E-state index is 0.750. The monoisotopic (exact) mass is 295 g/mol. The van der Waals surface area contributed by atoms with Crippen LogP contribution in [0.3, 0.4) is 0 Å². The molecule has 4 rings (SSSR count). The van der Waals surface area contributed by atoms with Gasteiger partial charge in [0.15, 0.2) is 5.65 Å². The third-order valence-corrected chi connectivity index (χ3v) is 4.32. The molecular weight excluding hydrogens is 282 g/mol. The van der Waals surface area contributed by atoms with Gasteiger partial charge in [-0.1, -0.05) is 12.1 Å². The Kier molecular flexibility index (Phi) is 3.01. The summed E-state index contributed by atoms with van der Waals surface area (Å²) in [5.41, 5.74) is 2.08. The summed E-state index contributed by atoms with van der Waals surface area (Å²) in [6.45, 7) is 0.830. The maximum absolute atomic E-state index is 4.18. The predicted molar refractivity (Wildman–Crippen MR) is 84.8 cm³/mol. The van der Waals surface area contributed by atoms with Crippen molar-refractivity contribution in [3.05, 3.63) is 53.9 Å². The van der Waals surface area contributed by atoms with Crippen LogP contribution < -0.4 is 5.32 Å². The maximum atomic E-state index is 4.18. The summed E-state index contributed by atoms with van der Waals surface area (Å²) in [6.07, 6.45) is 5.95. The van der Waals surface area contributed by atoms with Gasteiger partial charge in [0, 0.05) is 11.2 Å². The standard InChI is InChI=1S/C15H13N5S/c1-2-13-12(4-6-21-13)7-11(1)3-5-17-14-8-16-9-15-18-10-19-20(14)15/h1-2,4,6-10,17H,3,5H2. The van der Waals surface area contributed by atoms with Crippen LogP contribution in [-0.2, 0) is 6.42 Å². The number of fused-ring (bicyclic) bond motifs is 2. The van der Waals surface area contributed by atoms with E-state index in [2.05, 4.69) is 50.0 Å². The number of anilines is 1. The fraction of sp³-hybridized carbons (Fsp3) is 0.133. The molecule has 6 heteroatoms. The van der Waals surface area contributed by atoms with Crippen LogP contribution in [0, 0.1) is 0 Å². The van der Waals surface area contributed by atoms with Crippen molar-refractivity contribution in [3.8, 4) is 0 Å². The van der Waals surface area contributed by atoms with E-state index in [-0.39, 0.29) is 0 Å². The Morgan fingerprint density at radius 3 is 3.19 bits per heavy atom. The van der Waals surface area contributed by atoms with Gasteiger partial charge in [0.2, 0.25) is 0 Å². The lowest BCUT2D eigenvalue weighted by molar-refractivity contribution is 0.917. The minimum Gasteiger partial charge on any atom is -0.368 e. The first-order valence-electron chi connectivity index (χ1n) is 6.74. The Morgan fingerprint density at radius 2 is 2.19 bits per heavy atom. The number of hydrogen-bond donors (Lipinski definition) is 1. The molecule has 4 aromatic rings. The van der Waals surface area contributed by atoms with E-state index in [1.807, 2.05) is 0 Å². The van der Waals surface area contributed by atoms with Crippen LogP contribution in [0.5, 0.6) is 0 Å². The molecular formula is C15H13N5S. The molecule has 0 aliphatic carbocycles. The Hall–Kier alpha value is -2.47. The van der Waals surface area contributed by atoms with Gasteiger partial charge in [-0.2, -0.15) is 9.61 Å². The molecule has 0 aliphatic rings. The van der Waals surface area contributed by atoms with Gasteiger partial charge in [0.25, 0.3) is 0 Å². The third kappa shape index (κ3) is 2.34. The molecule has 0 bridgehead atoms. The number of rotatable bonds is 4. The molecule has 0 unspecified atom stereocenters. The highest BCUT2D eigenvalue weighted by Gasteiger charge is 2.02. The molecule has 1 aromatic carbocycles. The lowest BCUT2D eigenvalue weighted by atomic mass is 10.1. The normalized spacial score (nSPS) is 11.2. The molecule has 21 heavy (non-hydrogen) atoms. The highest BCUT2D eigenvalue weighted by molar-refractivity contribution is 7.17. The second kappa shape index (κ2) is 5.14. The molecule has 3 heterocycles. The SMILES string of the molecule is c1nc2cncc(NCCc3ccc4sccc4c3)n2n1. The molecule has 0 aliphatic heterocycles. The smallest absolute Gasteiger partial charge is 0.175 e. The molecule has 1 N–H and O–H groups in total. The van der Waals surface area contributed by atoms with E-state index in [0.717, 1.165) is 24.4 Å². The third-order valence-electron chi connectivity index (χ3n) is 3.43. The van der Waals surface area contributed by atoms with Crippen molar-refractivity contribution in [3.63, 3.8) is 0 Å². The van der Waals surface area contributed by atoms with Crippen LogP contribution in [0.2, 0.25) is 0 Å². The molecule has 104 valence electrons. The van der Waals surface area contributed by atoms with Crippen molar-refractivity contribution >= 4 is 32.9 Å². The van der Waals surface area contributed by atoms with E-state index in [1.54, 1.807) is 28.2 Å². The van der Waals surface area contributed by atoms with Crippen LogP contribution >= 0.6 is 11.3 Å². The number of aromatic nitrogens is 4. The minimum absolute atomic E-state index is 0.750. The fourth-order valence-corrected chi connectivity index (χ4v) is 3.15. The van der Waals surface area contributed by atoms with Crippen molar-refractivity contribution in [1.82, 2.24) is 19.6 Å². The molecule has 0 spiro atoms. The van der Waals surface area contributed by atoms with Crippen molar-refractivity contribution in [1.29, 1.82) is 0 Å². The second-order valence-corrected chi connectivity index (χ2v) is 5.74. The summed E-state index contributed by atoms with van der Waals surface area (Å²) in [4.78, 5) is 8.28. The van der Waals surface area contributed by atoms with Crippen LogP contribution in [0.4, 0.5) is 5.82 Å². The van der Waals surface area contributed by atoms with Gasteiger partial charge >= 0.3 is 0 Å². The zero-order valence-corrected chi connectivity index (χ0v) is 12.0. The largest absolute Gasteiger partial charge is 0.368 e. The summed E-state index contributed by atoms with van der Waals surface area (Å²) < 4.78 is 3.10. The molecule has 0 atom stereocenters. The average Bonchev–Trinajstić information content (AvgIpc) is 3.15. The van der Waals surface area contributed by atoms with Crippen molar-refractivity contribution in [2.75, 3.05) is 11.9 Å². The Bertz CT molecular complexity index is 895. The van der Waals surface area contributed by atoms with Gasteiger partial charge in [-0.3, -0.25) is 4.98 Å². The zero-order valence-electron chi connectivity index (χ0n) is 11.2. The van der Waals surface area contributed by atoms with Gasteiger partial charge in [-0.25, -0.2) is 4.98 Å². The molecule has 0 amide bonds. The molecule has 0 fully saturated rings. The fourth-order valence-electron chi connectivity index (χ4n) is 2.38. The maximum Gasteiger partial charge on any atom is 0.175 e. The lowest BCUT2D eigenvalue weighted by Crippen LogP contribution is -2.09. The van der Waals surface area contributed by atoms with Crippen molar-refractivity contribution in [2.45, 2.75) is 6.42 Å². The van der Waals surface area contributed by atoms with Crippen LogP contribution in [-0.4, -0.2) is 26.1 Å². The quantitative estimate of drug-likeness (QED) is 0.629. The van der Waals surface area contributed by atoms with Crippen molar-refractivity contribution < 1.29 is 0 Å². The van der Waals surface area contributed by atoms with Crippen molar-refractivity contribution in [2.24, 2.45) is 0 Å². The van der Waals surface area contributed by atoms with Crippen LogP contribution in [0.15, 0.2) is 48.4 Å². The summed E-state index contributed by atoms with van der Waals surface area (Å²) in [5.74, 6) is 0.863. The number of benzene rings is 1. The zero-order chi connectivity index (χ0) is 14.1. The lowest BCUT2D eigenvalue weighted by Gasteiger charge is -2.07. The van der Waals surface area contributed by atoms with Gasteiger partial charge in [-0.15, -0.1) is 11.3 Å². The predicted octanol–water partition coefficient (Wildman–Crippen LogP) is 2.99. The van der Waals surface area contributed by atoms with Gasteiger partial charge in [-0.05, 0) is 34.9 Å². The molecule has 0 saturated heterocycles. The van der Waals surface area contributed by atoms with E-state index >= 15 is 0 Å². The highest BCUT2D eigenvalue weighted by Crippen LogP contribution is 2.22. The Balaban J connectivity index is 1.48. The first kappa shape index (κ1) is 12.3. The molecule has 0 saturated carbocycles. The average molecular weight is 295 g/mol. The first-order valence-corrected chi connectivity index (χ1v) is 7.62. The number of thiophene rings is 1. The van der Waals surface area contributed by atoms with Gasteiger partial charge in [0.1, 0.15) is 12.1 Å². The summed E-state index contributed by atoms with van der Waals surface area (Å²) in [7, 11) is 0. The highest BCUT2D eigenvalue weighted by atomic mass is 32.1. The Labute approximate surface area is 125 Å². The number of nitrogens with one attached hydrogen (secondary N) is 1. The molecule has 0 radical (unpaired) electrons. The topological polar surface area (TPSA) is 55.1 Å². The van der Waals surface area contributed by atoms with Gasteiger partial charge in [0.05, 0.1) is 12.4 Å². The summed E-state index contributed by atoms with van der Waals surface area (Å²) in [6, 6.07) is 8.79. The van der Waals surface area contributed by atoms with E-state index in [9.17, 15) is 0 Å². The molecule has 3 aromatic heterocycles. The van der Waals surface area contributed by atoms with Gasteiger partial charge < -0.3 is 5.32 Å². The number of hydrogen-bond acceptors (Lipinski definition) is 5. The number of nitrogens with zero attached hydrogens (tertiary/aromatic N) is 4. The summed E-state index contributed by atoms with van der Waals surface area (Å²) in [5, 5.41) is 11.0. The van der Waals surface area contributed by atoms with Crippen LogP contribution in [0.25, 0.3) is 15.7 Å². The molecule has 5 nitrogen and oxygen atoms in total. The van der Waals surface area contributed by atoms with E-state index in [1.165, 1.54) is 22.0 Å². The van der Waals surface area contributed by atoms with Crippen LogP contribution in [0.1, 0.15) is 5.56 Å². The second-order valence-electron chi connectivity index (χ2n) is 4.79. The van der Waals surface area contributed by atoms with E-state index in [4.69, 9.17) is 0 Å². The van der Waals surface area contributed by atoms with E-state index in [0.29, 0.717) is 0 Å². The van der Waals surface area contributed by atoms with E-state index < -0.39 is 0 Å². The Morgan fingerprint density at radius 1 is 1.19 bits per heavy atom.